The number of ether oxygens (including phenoxy) is 1. The lowest BCUT2D eigenvalue weighted by Gasteiger charge is -2.34. The van der Waals surface area contributed by atoms with Crippen LogP contribution in [0, 0.1) is 0 Å². The van der Waals surface area contributed by atoms with Crippen molar-refractivity contribution in [1.29, 1.82) is 0 Å². The highest BCUT2D eigenvalue weighted by Gasteiger charge is 2.39. The molecule has 1 aromatic rings. The summed E-state index contributed by atoms with van der Waals surface area (Å²) in [5.41, 5.74) is 0.00139. The van der Waals surface area contributed by atoms with E-state index in [1.165, 1.54) is 0 Å². The molecule has 5 nitrogen and oxygen atoms in total. The molecular formula is C13H24ClN3O2. The molecule has 1 N–H and O–H groups in total. The van der Waals surface area contributed by atoms with Crippen LogP contribution in [0.5, 0.6) is 0 Å². The van der Waals surface area contributed by atoms with Gasteiger partial charge in [-0.15, -0.1) is 12.4 Å². The molecule has 0 atom stereocenters. The minimum atomic E-state index is 0. The highest BCUT2D eigenvalue weighted by Crippen LogP contribution is 2.36. The number of hydrogen-bond acceptors (Lipinski definition) is 5. The summed E-state index contributed by atoms with van der Waals surface area (Å²) in [4.78, 5) is 4.60. The number of aromatic nitrogens is 2. The van der Waals surface area contributed by atoms with Crippen molar-refractivity contribution in [3.05, 3.63) is 11.7 Å². The molecule has 0 saturated carbocycles. The predicted octanol–water partition coefficient (Wildman–Crippen LogP) is 2.27. The van der Waals surface area contributed by atoms with Crippen LogP contribution in [-0.2, 0) is 10.2 Å². The number of hydrogen-bond donors (Lipinski definition) is 1. The van der Waals surface area contributed by atoms with E-state index in [4.69, 9.17) is 9.26 Å². The second kappa shape index (κ2) is 7.22. The molecule has 0 radical (unpaired) electrons. The van der Waals surface area contributed by atoms with E-state index in [0.717, 1.165) is 50.7 Å². The second-order valence-electron chi connectivity index (χ2n) is 5.39. The first-order valence-corrected chi connectivity index (χ1v) is 6.72. The van der Waals surface area contributed by atoms with Crippen LogP contribution < -0.4 is 5.32 Å². The number of piperidine rings is 1. The lowest BCUT2D eigenvalue weighted by molar-refractivity contribution is 0.131. The van der Waals surface area contributed by atoms with Gasteiger partial charge in [0.2, 0.25) is 5.89 Å². The van der Waals surface area contributed by atoms with Crippen LogP contribution in [-0.4, -0.2) is 36.9 Å². The summed E-state index contributed by atoms with van der Waals surface area (Å²) < 4.78 is 10.8. The number of nitrogens with zero attached hydrogens (tertiary/aromatic N) is 2. The van der Waals surface area contributed by atoms with Crippen LogP contribution in [0.3, 0.4) is 0 Å². The summed E-state index contributed by atoms with van der Waals surface area (Å²) in [7, 11) is 1.74. The smallest absolute Gasteiger partial charge is 0.233 e. The van der Waals surface area contributed by atoms with Crippen LogP contribution in [0.25, 0.3) is 0 Å². The van der Waals surface area contributed by atoms with Crippen LogP contribution in [0.2, 0.25) is 0 Å². The van der Waals surface area contributed by atoms with Crippen molar-refractivity contribution in [2.45, 2.75) is 44.4 Å². The number of halogens is 1. The van der Waals surface area contributed by atoms with Gasteiger partial charge in [0.25, 0.3) is 0 Å². The van der Waals surface area contributed by atoms with E-state index >= 15 is 0 Å². The molecule has 1 fully saturated rings. The predicted molar refractivity (Wildman–Crippen MR) is 75.9 cm³/mol. The third-order valence-electron chi connectivity index (χ3n) is 3.76. The van der Waals surface area contributed by atoms with Gasteiger partial charge in [-0.3, -0.25) is 0 Å². The summed E-state index contributed by atoms with van der Waals surface area (Å²) >= 11 is 0. The first-order chi connectivity index (χ1) is 8.68. The van der Waals surface area contributed by atoms with Crippen LogP contribution in [0.1, 0.15) is 50.7 Å². The molecule has 0 unspecified atom stereocenters. The second-order valence-corrected chi connectivity index (χ2v) is 5.39. The summed E-state index contributed by atoms with van der Waals surface area (Å²) in [5.74, 6) is 1.91. The highest BCUT2D eigenvalue weighted by atomic mass is 35.5. The van der Waals surface area contributed by atoms with Gasteiger partial charge in [0.1, 0.15) is 0 Å². The maximum absolute atomic E-state index is 5.52. The van der Waals surface area contributed by atoms with Gasteiger partial charge in [-0.05, 0) is 32.4 Å². The first-order valence-electron chi connectivity index (χ1n) is 6.72. The van der Waals surface area contributed by atoms with Crippen LogP contribution in [0.4, 0.5) is 0 Å². The topological polar surface area (TPSA) is 60.2 Å². The Balaban J connectivity index is 0.00000180. The minimum Gasteiger partial charge on any atom is -0.385 e. The number of rotatable bonds is 5. The number of nitrogens with one attached hydrogen (secondary N) is 1. The summed E-state index contributed by atoms with van der Waals surface area (Å²) in [5, 5.41) is 7.48. The third kappa shape index (κ3) is 3.68. The van der Waals surface area contributed by atoms with E-state index in [2.05, 4.69) is 29.3 Å². The normalized spacial score (nSPS) is 18.3. The molecule has 6 heteroatoms. The SMILES string of the molecule is COCCC1(c2nc(C(C)C)no2)CCNCC1.Cl. The van der Waals surface area contributed by atoms with Crippen molar-refractivity contribution in [2.75, 3.05) is 26.8 Å². The van der Waals surface area contributed by atoms with Crippen molar-refractivity contribution in [3.8, 4) is 0 Å². The van der Waals surface area contributed by atoms with Gasteiger partial charge in [0, 0.05) is 19.6 Å². The monoisotopic (exact) mass is 289 g/mol. The minimum absolute atomic E-state index is 0. The summed E-state index contributed by atoms with van der Waals surface area (Å²) in [6.45, 7) is 6.91. The lowest BCUT2D eigenvalue weighted by Crippen LogP contribution is -2.41. The van der Waals surface area contributed by atoms with E-state index in [9.17, 15) is 0 Å². The van der Waals surface area contributed by atoms with Crippen LogP contribution >= 0.6 is 12.4 Å². The Morgan fingerprint density at radius 1 is 1.37 bits per heavy atom. The Morgan fingerprint density at radius 2 is 2.05 bits per heavy atom. The van der Waals surface area contributed by atoms with Gasteiger partial charge in [-0.25, -0.2) is 0 Å². The maximum Gasteiger partial charge on any atom is 0.233 e. The van der Waals surface area contributed by atoms with Crippen molar-refractivity contribution in [1.82, 2.24) is 15.5 Å². The van der Waals surface area contributed by atoms with Gasteiger partial charge < -0.3 is 14.6 Å². The van der Waals surface area contributed by atoms with E-state index in [-0.39, 0.29) is 17.8 Å². The molecule has 1 saturated heterocycles. The molecule has 0 aromatic carbocycles. The summed E-state index contributed by atoms with van der Waals surface area (Å²) in [6.07, 6.45) is 3.02. The van der Waals surface area contributed by atoms with Gasteiger partial charge >= 0.3 is 0 Å². The van der Waals surface area contributed by atoms with Crippen molar-refractivity contribution in [2.24, 2.45) is 0 Å². The Bertz CT molecular complexity index is 376. The zero-order valence-corrected chi connectivity index (χ0v) is 12.8. The standard InChI is InChI=1S/C13H23N3O2.ClH/c1-10(2)11-15-12(18-16-11)13(6-9-17-3)4-7-14-8-5-13;/h10,14H,4-9H2,1-3H3;1H. The Labute approximate surface area is 120 Å². The Kier molecular flexibility index (Phi) is 6.23. The van der Waals surface area contributed by atoms with Gasteiger partial charge in [-0.2, -0.15) is 4.98 Å². The molecule has 19 heavy (non-hydrogen) atoms. The molecule has 2 rings (SSSR count). The summed E-state index contributed by atoms with van der Waals surface area (Å²) in [6, 6.07) is 0. The van der Waals surface area contributed by atoms with Crippen molar-refractivity contribution in [3.63, 3.8) is 0 Å². The Morgan fingerprint density at radius 3 is 2.58 bits per heavy atom. The number of methoxy groups -OCH3 is 1. The fourth-order valence-electron chi connectivity index (χ4n) is 2.46. The molecule has 2 heterocycles. The first kappa shape index (κ1) is 16.4. The fourth-order valence-corrected chi connectivity index (χ4v) is 2.46. The van der Waals surface area contributed by atoms with E-state index in [0.29, 0.717) is 5.92 Å². The molecule has 0 aliphatic carbocycles. The van der Waals surface area contributed by atoms with E-state index in [1.54, 1.807) is 7.11 Å². The molecule has 0 bridgehead atoms. The van der Waals surface area contributed by atoms with Crippen molar-refractivity contribution >= 4 is 12.4 Å². The van der Waals surface area contributed by atoms with Gasteiger partial charge in [-0.1, -0.05) is 19.0 Å². The molecule has 1 aromatic heterocycles. The molecular weight excluding hydrogens is 266 g/mol. The van der Waals surface area contributed by atoms with E-state index < -0.39 is 0 Å². The molecule has 110 valence electrons. The molecule has 0 spiro atoms. The quantitative estimate of drug-likeness (QED) is 0.901. The van der Waals surface area contributed by atoms with Crippen LogP contribution in [0.15, 0.2) is 4.52 Å². The molecule has 0 amide bonds. The highest BCUT2D eigenvalue weighted by molar-refractivity contribution is 5.85. The fraction of sp³-hybridized carbons (Fsp3) is 0.846. The lowest BCUT2D eigenvalue weighted by atomic mass is 9.76. The maximum atomic E-state index is 5.52. The van der Waals surface area contributed by atoms with Gasteiger partial charge in [0.15, 0.2) is 5.82 Å². The van der Waals surface area contributed by atoms with Crippen molar-refractivity contribution < 1.29 is 9.26 Å². The molecule has 1 aliphatic rings. The average molecular weight is 290 g/mol. The Hall–Kier alpha value is -0.650. The molecule has 1 aliphatic heterocycles. The zero-order chi connectivity index (χ0) is 13.0. The average Bonchev–Trinajstić information content (AvgIpc) is 2.88. The zero-order valence-electron chi connectivity index (χ0n) is 11.9. The van der Waals surface area contributed by atoms with Gasteiger partial charge in [0.05, 0.1) is 5.41 Å². The van der Waals surface area contributed by atoms with E-state index in [1.807, 2.05) is 0 Å². The largest absolute Gasteiger partial charge is 0.385 e. The third-order valence-corrected chi connectivity index (χ3v) is 3.76.